The molecular formula is C19H19BrN2O5S. The number of benzene rings is 2. The molecule has 0 spiro atoms. The van der Waals surface area contributed by atoms with E-state index in [1.54, 1.807) is 30.3 Å². The molecule has 3 aromatic rings. The number of oxazole rings is 1. The van der Waals surface area contributed by atoms with Crippen molar-refractivity contribution >= 4 is 31.6 Å². The molecule has 9 heteroatoms. The van der Waals surface area contributed by atoms with Gasteiger partial charge in [-0.2, -0.15) is 0 Å². The maximum atomic E-state index is 12.9. The smallest absolute Gasteiger partial charge is 0.263 e. The van der Waals surface area contributed by atoms with E-state index in [9.17, 15) is 8.42 Å². The molecule has 7 nitrogen and oxygen atoms in total. The fourth-order valence-corrected chi connectivity index (χ4v) is 4.65. The first-order chi connectivity index (χ1) is 13.2. The van der Waals surface area contributed by atoms with Crippen LogP contribution in [0.25, 0.3) is 11.5 Å². The highest BCUT2D eigenvalue weighted by Gasteiger charge is 2.22. The largest absolute Gasteiger partial charge is 0.493 e. The van der Waals surface area contributed by atoms with Crippen molar-refractivity contribution in [3.8, 4) is 23.0 Å². The summed E-state index contributed by atoms with van der Waals surface area (Å²) in [5, 5.41) is 0. The molecule has 0 aliphatic heterocycles. The molecule has 0 atom stereocenters. The molecule has 3 rings (SSSR count). The third kappa shape index (κ3) is 4.00. The summed E-state index contributed by atoms with van der Waals surface area (Å²) >= 11 is 3.28. The molecule has 0 saturated heterocycles. The number of hydrogen-bond donors (Lipinski definition) is 1. The maximum absolute atomic E-state index is 12.9. The lowest BCUT2D eigenvalue weighted by atomic mass is 10.2. The molecule has 0 saturated carbocycles. The molecule has 0 unspecified atom stereocenters. The van der Waals surface area contributed by atoms with E-state index in [2.05, 4.69) is 25.6 Å². The first kappa shape index (κ1) is 20.2. The molecule has 0 fully saturated rings. The van der Waals surface area contributed by atoms with E-state index in [0.717, 1.165) is 11.5 Å². The van der Waals surface area contributed by atoms with Gasteiger partial charge >= 0.3 is 0 Å². The number of nitrogens with one attached hydrogen (secondary N) is 1. The number of rotatable bonds is 6. The topological polar surface area (TPSA) is 90.7 Å². The zero-order valence-electron chi connectivity index (χ0n) is 15.7. The quantitative estimate of drug-likeness (QED) is 0.573. The molecule has 0 bridgehead atoms. The number of anilines is 1. The van der Waals surface area contributed by atoms with Crippen molar-refractivity contribution in [2.75, 3.05) is 18.9 Å². The number of methoxy groups -OCH3 is 2. The minimum Gasteiger partial charge on any atom is -0.493 e. The summed E-state index contributed by atoms with van der Waals surface area (Å²) in [4.78, 5) is 4.38. The lowest BCUT2D eigenvalue weighted by Gasteiger charge is -2.14. The van der Waals surface area contributed by atoms with Gasteiger partial charge in [-0.3, -0.25) is 4.72 Å². The maximum Gasteiger partial charge on any atom is 0.263 e. The molecule has 148 valence electrons. The van der Waals surface area contributed by atoms with Crippen LogP contribution in [0.5, 0.6) is 11.5 Å². The number of hydrogen-bond acceptors (Lipinski definition) is 6. The van der Waals surface area contributed by atoms with Crippen molar-refractivity contribution in [3.05, 3.63) is 52.3 Å². The Morgan fingerprint density at radius 3 is 2.36 bits per heavy atom. The van der Waals surface area contributed by atoms with Crippen LogP contribution in [0.3, 0.4) is 0 Å². The van der Waals surface area contributed by atoms with Gasteiger partial charge in [0.05, 0.1) is 19.9 Å². The molecule has 1 N–H and O–H groups in total. The number of nitrogens with zero attached hydrogens (tertiary/aromatic N) is 1. The highest BCUT2D eigenvalue weighted by molar-refractivity contribution is 9.10. The Kier molecular flexibility index (Phi) is 5.66. The van der Waals surface area contributed by atoms with E-state index in [-0.39, 0.29) is 4.90 Å². The summed E-state index contributed by atoms with van der Waals surface area (Å²) in [5.74, 6) is 1.88. The summed E-state index contributed by atoms with van der Waals surface area (Å²) in [5.41, 5.74) is 1.84. The SMILES string of the molecule is COc1cc(Br)c(S(=O)(=O)Nc2cccc(-c3nc(C)c(C)o3)c2)cc1OC. The normalized spacial score (nSPS) is 11.3. The van der Waals surface area contributed by atoms with Gasteiger partial charge in [0, 0.05) is 21.8 Å². The Morgan fingerprint density at radius 2 is 1.75 bits per heavy atom. The fourth-order valence-electron chi connectivity index (χ4n) is 2.56. The van der Waals surface area contributed by atoms with Crippen molar-refractivity contribution in [1.82, 2.24) is 4.98 Å². The Balaban J connectivity index is 1.96. The van der Waals surface area contributed by atoms with Gasteiger partial charge in [0.15, 0.2) is 11.5 Å². The summed E-state index contributed by atoms with van der Waals surface area (Å²) in [6.45, 7) is 3.68. The van der Waals surface area contributed by atoms with Crippen LogP contribution in [0.2, 0.25) is 0 Å². The third-order valence-corrected chi connectivity index (χ3v) is 6.46. The summed E-state index contributed by atoms with van der Waals surface area (Å²) in [7, 11) is -0.963. The molecule has 0 aliphatic carbocycles. The van der Waals surface area contributed by atoms with Crippen molar-refractivity contribution in [2.24, 2.45) is 0 Å². The molecule has 2 aromatic carbocycles. The standard InChI is InChI=1S/C19H19BrN2O5S/c1-11-12(2)27-19(21-11)13-6-5-7-14(8-13)22-28(23,24)18-10-17(26-4)16(25-3)9-15(18)20/h5-10,22H,1-4H3. The van der Waals surface area contributed by atoms with E-state index >= 15 is 0 Å². The number of sulfonamides is 1. The summed E-state index contributed by atoms with van der Waals surface area (Å²) < 4.78 is 44.8. The molecule has 0 aliphatic rings. The van der Waals surface area contributed by atoms with Gasteiger partial charge in [0.2, 0.25) is 5.89 Å². The lowest BCUT2D eigenvalue weighted by molar-refractivity contribution is 0.353. The molecule has 28 heavy (non-hydrogen) atoms. The van der Waals surface area contributed by atoms with E-state index in [0.29, 0.717) is 33.1 Å². The van der Waals surface area contributed by atoms with Crippen LogP contribution in [-0.2, 0) is 10.0 Å². The second-order valence-electron chi connectivity index (χ2n) is 5.98. The van der Waals surface area contributed by atoms with Gasteiger partial charge in [-0.05, 0) is 54.0 Å². The average Bonchev–Trinajstić information content (AvgIpc) is 3.00. The first-order valence-electron chi connectivity index (χ1n) is 8.24. The van der Waals surface area contributed by atoms with Gasteiger partial charge < -0.3 is 13.9 Å². The molecule has 0 amide bonds. The zero-order valence-corrected chi connectivity index (χ0v) is 18.1. The Morgan fingerprint density at radius 1 is 1.07 bits per heavy atom. The number of aromatic nitrogens is 1. The van der Waals surface area contributed by atoms with Crippen molar-refractivity contribution < 1.29 is 22.3 Å². The van der Waals surface area contributed by atoms with E-state index in [1.165, 1.54) is 20.3 Å². The number of ether oxygens (including phenoxy) is 2. The monoisotopic (exact) mass is 466 g/mol. The second-order valence-corrected chi connectivity index (χ2v) is 8.49. The predicted molar refractivity (Wildman–Crippen MR) is 109 cm³/mol. The summed E-state index contributed by atoms with van der Waals surface area (Å²) in [6.07, 6.45) is 0. The number of halogens is 1. The Labute approximate surface area is 171 Å². The highest BCUT2D eigenvalue weighted by Crippen LogP contribution is 2.36. The Bertz CT molecular complexity index is 1110. The van der Waals surface area contributed by atoms with Crippen LogP contribution in [0, 0.1) is 13.8 Å². The minimum absolute atomic E-state index is 0.0263. The second kappa shape index (κ2) is 7.84. The molecule has 1 aromatic heterocycles. The molecule has 0 radical (unpaired) electrons. The van der Waals surface area contributed by atoms with Crippen molar-refractivity contribution in [3.63, 3.8) is 0 Å². The van der Waals surface area contributed by atoms with Crippen LogP contribution >= 0.6 is 15.9 Å². The van der Waals surface area contributed by atoms with E-state index in [1.807, 2.05) is 13.8 Å². The van der Waals surface area contributed by atoms with Gasteiger partial charge in [-0.1, -0.05) is 6.07 Å². The average molecular weight is 467 g/mol. The van der Waals surface area contributed by atoms with Gasteiger partial charge in [0.25, 0.3) is 10.0 Å². The summed E-state index contributed by atoms with van der Waals surface area (Å²) in [6, 6.07) is 9.79. The van der Waals surface area contributed by atoms with Crippen LogP contribution in [0.15, 0.2) is 50.2 Å². The zero-order chi connectivity index (χ0) is 20.5. The highest BCUT2D eigenvalue weighted by atomic mass is 79.9. The first-order valence-corrected chi connectivity index (χ1v) is 10.5. The molecule has 1 heterocycles. The van der Waals surface area contributed by atoms with Crippen LogP contribution in [0.1, 0.15) is 11.5 Å². The van der Waals surface area contributed by atoms with E-state index in [4.69, 9.17) is 13.9 Å². The van der Waals surface area contributed by atoms with Gasteiger partial charge in [-0.25, -0.2) is 13.4 Å². The lowest BCUT2D eigenvalue weighted by Crippen LogP contribution is -2.14. The minimum atomic E-state index is -3.89. The predicted octanol–water partition coefficient (Wildman–Crippen LogP) is 4.54. The van der Waals surface area contributed by atoms with Crippen LogP contribution in [-0.4, -0.2) is 27.6 Å². The number of aryl methyl sites for hydroxylation is 2. The van der Waals surface area contributed by atoms with Crippen molar-refractivity contribution in [1.29, 1.82) is 0 Å². The fraction of sp³-hybridized carbons (Fsp3) is 0.211. The third-order valence-electron chi connectivity index (χ3n) is 4.12. The van der Waals surface area contributed by atoms with E-state index < -0.39 is 10.0 Å². The molecular weight excluding hydrogens is 448 g/mol. The van der Waals surface area contributed by atoms with Gasteiger partial charge in [-0.15, -0.1) is 0 Å². The van der Waals surface area contributed by atoms with Crippen LogP contribution < -0.4 is 14.2 Å². The van der Waals surface area contributed by atoms with Crippen molar-refractivity contribution in [2.45, 2.75) is 18.7 Å². The van der Waals surface area contributed by atoms with Gasteiger partial charge in [0.1, 0.15) is 10.7 Å². The Hall–Kier alpha value is -2.52. The van der Waals surface area contributed by atoms with Crippen LogP contribution in [0.4, 0.5) is 5.69 Å².